The Morgan fingerprint density at radius 1 is 1.16 bits per heavy atom. The lowest BCUT2D eigenvalue weighted by Crippen LogP contribution is -2.09. The number of hydrogen-bond acceptors (Lipinski definition) is 1. The van der Waals surface area contributed by atoms with Crippen molar-refractivity contribution in [2.24, 2.45) is 5.41 Å². The molecule has 0 bridgehead atoms. The second-order valence-electron chi connectivity index (χ2n) is 6.36. The number of ether oxygens (including phenoxy) is 1. The van der Waals surface area contributed by atoms with Crippen LogP contribution in [0.25, 0.3) is 10.9 Å². The minimum atomic E-state index is 0.368. The lowest BCUT2D eigenvalue weighted by molar-refractivity contribution is 0.321. The molecule has 0 amide bonds. The van der Waals surface area contributed by atoms with Gasteiger partial charge in [0.1, 0.15) is 5.75 Å². The molecule has 0 aliphatic rings. The summed E-state index contributed by atoms with van der Waals surface area (Å²) in [6, 6.07) is 8.49. The van der Waals surface area contributed by atoms with Gasteiger partial charge in [-0.2, -0.15) is 0 Å². The summed E-state index contributed by atoms with van der Waals surface area (Å²) in [5.41, 5.74) is 1.64. The molecule has 0 N–H and O–H groups in total. The molecule has 1 aromatic heterocycles. The average Bonchev–Trinajstić information content (AvgIpc) is 2.76. The molecule has 1 aromatic carbocycles. The molecule has 0 aliphatic heterocycles. The smallest absolute Gasteiger partial charge is 0.128 e. The van der Waals surface area contributed by atoms with E-state index in [-0.39, 0.29) is 0 Å². The first-order valence-corrected chi connectivity index (χ1v) is 7.22. The highest BCUT2D eigenvalue weighted by atomic mass is 16.5. The van der Waals surface area contributed by atoms with Gasteiger partial charge in [0.2, 0.25) is 0 Å². The van der Waals surface area contributed by atoms with Crippen molar-refractivity contribution in [2.75, 3.05) is 6.61 Å². The Labute approximate surface area is 116 Å². The highest BCUT2D eigenvalue weighted by molar-refractivity contribution is 5.86. The molecule has 19 heavy (non-hydrogen) atoms. The predicted molar refractivity (Wildman–Crippen MR) is 81.8 cm³/mol. The first-order chi connectivity index (χ1) is 9.01. The van der Waals surface area contributed by atoms with Crippen molar-refractivity contribution in [1.82, 2.24) is 4.57 Å². The lowest BCUT2D eigenvalue weighted by Gasteiger charge is -2.18. The Morgan fingerprint density at radius 3 is 2.63 bits per heavy atom. The standard InChI is InChI=1S/C17H25NO/c1-5-13-19-16-8-6-7-15-14(16)9-11-18(15)12-10-17(2,3)4/h6-9,11H,5,10,12-13H2,1-4H3. The molecule has 0 radical (unpaired) electrons. The summed E-state index contributed by atoms with van der Waals surface area (Å²) in [7, 11) is 0. The van der Waals surface area contributed by atoms with E-state index in [4.69, 9.17) is 4.74 Å². The van der Waals surface area contributed by atoms with E-state index in [1.165, 1.54) is 17.3 Å². The Balaban J connectivity index is 2.23. The number of rotatable bonds is 5. The highest BCUT2D eigenvalue weighted by Crippen LogP contribution is 2.28. The van der Waals surface area contributed by atoms with Crippen molar-refractivity contribution >= 4 is 10.9 Å². The minimum absolute atomic E-state index is 0.368. The first kappa shape index (κ1) is 14.0. The predicted octanol–water partition coefficient (Wildman–Crippen LogP) is 4.87. The van der Waals surface area contributed by atoms with Crippen LogP contribution in [0.4, 0.5) is 0 Å². The van der Waals surface area contributed by atoms with Gasteiger partial charge in [-0.1, -0.05) is 33.8 Å². The molecule has 0 saturated carbocycles. The van der Waals surface area contributed by atoms with Crippen LogP contribution in [-0.2, 0) is 6.54 Å². The maximum Gasteiger partial charge on any atom is 0.128 e. The van der Waals surface area contributed by atoms with Crippen LogP contribution in [0.1, 0.15) is 40.5 Å². The summed E-state index contributed by atoms with van der Waals surface area (Å²) in [4.78, 5) is 0. The van der Waals surface area contributed by atoms with Crippen LogP contribution in [-0.4, -0.2) is 11.2 Å². The Hall–Kier alpha value is -1.44. The third-order valence-electron chi connectivity index (χ3n) is 3.34. The fourth-order valence-electron chi connectivity index (χ4n) is 2.18. The third-order valence-corrected chi connectivity index (χ3v) is 3.34. The monoisotopic (exact) mass is 259 g/mol. The van der Waals surface area contributed by atoms with Crippen molar-refractivity contribution in [2.45, 2.75) is 47.1 Å². The van der Waals surface area contributed by atoms with Crippen molar-refractivity contribution in [3.63, 3.8) is 0 Å². The average molecular weight is 259 g/mol. The van der Waals surface area contributed by atoms with E-state index in [0.717, 1.165) is 25.3 Å². The van der Waals surface area contributed by atoms with Crippen LogP contribution in [0.5, 0.6) is 5.75 Å². The molecule has 0 spiro atoms. The fourth-order valence-corrected chi connectivity index (χ4v) is 2.18. The van der Waals surface area contributed by atoms with E-state index >= 15 is 0 Å². The van der Waals surface area contributed by atoms with Gasteiger partial charge in [-0.25, -0.2) is 0 Å². The zero-order chi connectivity index (χ0) is 13.9. The zero-order valence-electron chi connectivity index (χ0n) is 12.6. The molecule has 2 nitrogen and oxygen atoms in total. The van der Waals surface area contributed by atoms with Crippen LogP contribution >= 0.6 is 0 Å². The summed E-state index contributed by atoms with van der Waals surface area (Å²) >= 11 is 0. The molecule has 104 valence electrons. The second kappa shape index (κ2) is 5.68. The van der Waals surface area contributed by atoms with E-state index in [9.17, 15) is 0 Å². The first-order valence-electron chi connectivity index (χ1n) is 7.22. The van der Waals surface area contributed by atoms with Crippen LogP contribution < -0.4 is 4.74 Å². The van der Waals surface area contributed by atoms with Crippen LogP contribution in [0, 0.1) is 5.41 Å². The second-order valence-corrected chi connectivity index (χ2v) is 6.36. The number of hydrogen-bond donors (Lipinski definition) is 0. The van der Waals surface area contributed by atoms with Gasteiger partial charge in [-0.05, 0) is 36.5 Å². The molecular formula is C17H25NO. The van der Waals surface area contributed by atoms with Crippen molar-refractivity contribution in [3.05, 3.63) is 30.5 Å². The fraction of sp³-hybridized carbons (Fsp3) is 0.529. The molecule has 0 aliphatic carbocycles. The maximum atomic E-state index is 5.81. The molecule has 0 saturated heterocycles. The molecule has 2 heteroatoms. The summed E-state index contributed by atoms with van der Waals surface area (Å²) in [6.07, 6.45) is 4.40. The topological polar surface area (TPSA) is 14.2 Å². The van der Waals surface area contributed by atoms with E-state index in [1.54, 1.807) is 0 Å². The summed E-state index contributed by atoms with van der Waals surface area (Å²) in [5, 5.41) is 1.23. The number of aromatic nitrogens is 1. The lowest BCUT2D eigenvalue weighted by atomic mass is 9.92. The molecule has 0 fully saturated rings. The summed E-state index contributed by atoms with van der Waals surface area (Å²) < 4.78 is 8.15. The molecule has 2 aromatic rings. The van der Waals surface area contributed by atoms with Gasteiger partial charge in [0.15, 0.2) is 0 Å². The van der Waals surface area contributed by atoms with Gasteiger partial charge in [0.05, 0.1) is 12.1 Å². The molecular weight excluding hydrogens is 234 g/mol. The molecule has 0 unspecified atom stereocenters. The Morgan fingerprint density at radius 2 is 1.95 bits per heavy atom. The normalized spacial score (nSPS) is 12.0. The summed E-state index contributed by atoms with van der Waals surface area (Å²) in [5.74, 6) is 1.01. The number of fused-ring (bicyclic) bond motifs is 1. The number of nitrogens with zero attached hydrogens (tertiary/aromatic N) is 1. The Kier molecular flexibility index (Phi) is 4.18. The van der Waals surface area contributed by atoms with E-state index < -0.39 is 0 Å². The van der Waals surface area contributed by atoms with Crippen LogP contribution in [0.2, 0.25) is 0 Å². The quantitative estimate of drug-likeness (QED) is 0.747. The molecule has 0 atom stereocenters. The van der Waals surface area contributed by atoms with Gasteiger partial charge in [-0.15, -0.1) is 0 Å². The van der Waals surface area contributed by atoms with Crippen molar-refractivity contribution in [1.29, 1.82) is 0 Å². The van der Waals surface area contributed by atoms with Gasteiger partial charge >= 0.3 is 0 Å². The largest absolute Gasteiger partial charge is 0.493 e. The maximum absolute atomic E-state index is 5.81. The van der Waals surface area contributed by atoms with Crippen LogP contribution in [0.15, 0.2) is 30.5 Å². The summed E-state index contributed by atoms with van der Waals surface area (Å²) in [6.45, 7) is 10.8. The van der Waals surface area contributed by atoms with Gasteiger partial charge in [0.25, 0.3) is 0 Å². The zero-order valence-corrected chi connectivity index (χ0v) is 12.6. The highest BCUT2D eigenvalue weighted by Gasteiger charge is 2.12. The SMILES string of the molecule is CCCOc1cccc2c1ccn2CCC(C)(C)C. The van der Waals surface area contributed by atoms with Crippen LogP contribution in [0.3, 0.4) is 0 Å². The van der Waals surface area contributed by atoms with Crippen molar-refractivity contribution < 1.29 is 4.74 Å². The number of aryl methyl sites for hydroxylation is 1. The van der Waals surface area contributed by atoms with Gasteiger partial charge < -0.3 is 9.30 Å². The van der Waals surface area contributed by atoms with E-state index in [2.05, 4.69) is 62.7 Å². The molecule has 1 heterocycles. The Bertz CT molecular complexity index is 534. The van der Waals surface area contributed by atoms with Gasteiger partial charge in [0, 0.05) is 18.1 Å². The number of benzene rings is 1. The van der Waals surface area contributed by atoms with Gasteiger partial charge in [-0.3, -0.25) is 0 Å². The van der Waals surface area contributed by atoms with E-state index in [0.29, 0.717) is 5.41 Å². The third kappa shape index (κ3) is 3.52. The minimum Gasteiger partial charge on any atom is -0.493 e. The van der Waals surface area contributed by atoms with Crippen molar-refractivity contribution in [3.8, 4) is 5.75 Å². The van der Waals surface area contributed by atoms with E-state index in [1.807, 2.05) is 0 Å². The molecule has 2 rings (SSSR count).